The summed E-state index contributed by atoms with van der Waals surface area (Å²) in [6, 6.07) is 4.48. The summed E-state index contributed by atoms with van der Waals surface area (Å²) in [6.45, 7) is 27.0. The fourth-order valence-corrected chi connectivity index (χ4v) is 4.47. The van der Waals surface area contributed by atoms with Gasteiger partial charge in [-0.25, -0.2) is 0 Å². The predicted molar refractivity (Wildman–Crippen MR) is 194 cm³/mol. The first kappa shape index (κ1) is 46.6. The Hall–Kier alpha value is -1.42. The summed E-state index contributed by atoms with van der Waals surface area (Å²) >= 11 is 0. The number of ether oxygens (including phenoxy) is 12. The van der Waals surface area contributed by atoms with Gasteiger partial charge in [-0.15, -0.1) is 0 Å². The van der Waals surface area contributed by atoms with E-state index in [-0.39, 0.29) is 10.8 Å². The lowest BCUT2D eigenvalue weighted by atomic mass is 9.78. The van der Waals surface area contributed by atoms with Crippen molar-refractivity contribution in [1.82, 2.24) is 0 Å². The van der Waals surface area contributed by atoms with Crippen molar-refractivity contribution in [2.45, 2.75) is 59.3 Å². The van der Waals surface area contributed by atoms with Crippen LogP contribution >= 0.6 is 0 Å². The zero-order valence-corrected chi connectivity index (χ0v) is 32.6. The third-order valence-corrected chi connectivity index (χ3v) is 7.10. The maximum absolute atomic E-state index is 6.32. The first-order valence-electron chi connectivity index (χ1n) is 18.1. The SMILES string of the molecule is COCCOCCOCCOCCOCCOCCOCCOCCOCCOCCOCCOc1c(C(C)(C)C)cc(C)cc1C(C)(C)C. The quantitative estimate of drug-likeness (QED) is 0.0915. The van der Waals surface area contributed by atoms with Crippen LogP contribution in [-0.2, 0) is 62.9 Å². The molecule has 0 spiro atoms. The molecule has 1 aromatic rings. The van der Waals surface area contributed by atoms with Crippen molar-refractivity contribution in [3.8, 4) is 5.75 Å². The number of rotatable bonds is 34. The fourth-order valence-electron chi connectivity index (χ4n) is 4.47. The van der Waals surface area contributed by atoms with E-state index in [0.717, 1.165) is 5.75 Å². The molecule has 0 aliphatic rings. The second-order valence-electron chi connectivity index (χ2n) is 13.7. The Balaban J connectivity index is 1.83. The Bertz CT molecular complexity index is 881. The van der Waals surface area contributed by atoms with Crippen LogP contribution in [0.4, 0.5) is 0 Å². The summed E-state index contributed by atoms with van der Waals surface area (Å²) in [5.41, 5.74) is 3.70. The Morgan fingerprint density at radius 2 is 0.580 bits per heavy atom. The highest BCUT2D eigenvalue weighted by Gasteiger charge is 2.27. The van der Waals surface area contributed by atoms with E-state index >= 15 is 0 Å². The van der Waals surface area contributed by atoms with Gasteiger partial charge in [0.2, 0.25) is 0 Å². The number of benzene rings is 1. The molecule has 0 N–H and O–H groups in total. The third kappa shape index (κ3) is 25.5. The molecule has 1 rings (SSSR count). The molecule has 0 bridgehead atoms. The highest BCUT2D eigenvalue weighted by atomic mass is 16.6. The van der Waals surface area contributed by atoms with Crippen molar-refractivity contribution >= 4 is 0 Å². The predicted octanol–water partition coefficient (Wildman–Crippen LogP) is 4.78. The van der Waals surface area contributed by atoms with E-state index in [2.05, 4.69) is 60.6 Å². The molecule has 0 atom stereocenters. The summed E-state index contributed by atoms with van der Waals surface area (Å²) < 4.78 is 66.3. The number of hydrogen-bond acceptors (Lipinski definition) is 12. The van der Waals surface area contributed by atoms with Gasteiger partial charge in [0, 0.05) is 18.2 Å². The molecule has 0 unspecified atom stereocenters. The molecule has 0 heterocycles. The van der Waals surface area contributed by atoms with Crippen LogP contribution in [-0.4, -0.2) is 152 Å². The Morgan fingerprint density at radius 1 is 0.360 bits per heavy atom. The second kappa shape index (κ2) is 30.1. The van der Waals surface area contributed by atoms with Gasteiger partial charge in [0.1, 0.15) is 12.4 Å². The van der Waals surface area contributed by atoms with Gasteiger partial charge in [-0.1, -0.05) is 59.2 Å². The van der Waals surface area contributed by atoms with Crippen molar-refractivity contribution in [3.05, 3.63) is 28.8 Å². The first-order valence-corrected chi connectivity index (χ1v) is 18.1. The lowest BCUT2D eigenvalue weighted by Gasteiger charge is -2.30. The van der Waals surface area contributed by atoms with E-state index in [1.807, 2.05) is 0 Å². The average Bonchev–Trinajstić information content (AvgIpc) is 3.06. The van der Waals surface area contributed by atoms with E-state index < -0.39 is 0 Å². The van der Waals surface area contributed by atoms with Crippen LogP contribution in [0, 0.1) is 6.92 Å². The number of aryl methyl sites for hydroxylation is 1. The maximum atomic E-state index is 6.32. The maximum Gasteiger partial charge on any atom is 0.126 e. The lowest BCUT2D eigenvalue weighted by molar-refractivity contribution is -0.0273. The largest absolute Gasteiger partial charge is 0.491 e. The summed E-state index contributed by atoms with van der Waals surface area (Å²) in [5.74, 6) is 0.987. The van der Waals surface area contributed by atoms with Gasteiger partial charge in [-0.2, -0.15) is 0 Å². The molecule has 1 aromatic carbocycles. The molecule has 0 aliphatic carbocycles. The minimum atomic E-state index is -0.0118. The van der Waals surface area contributed by atoms with Crippen LogP contribution in [0.5, 0.6) is 5.75 Å². The molecule has 50 heavy (non-hydrogen) atoms. The zero-order valence-electron chi connectivity index (χ0n) is 32.6. The molecular weight excluding hydrogens is 648 g/mol. The Kier molecular flexibility index (Phi) is 28.0. The zero-order chi connectivity index (χ0) is 36.8. The van der Waals surface area contributed by atoms with Crippen molar-refractivity contribution in [2.75, 3.05) is 152 Å². The topological polar surface area (TPSA) is 111 Å². The monoisotopic (exact) mass is 718 g/mol. The van der Waals surface area contributed by atoms with Gasteiger partial charge in [-0.05, 0) is 17.8 Å². The average molecular weight is 719 g/mol. The van der Waals surface area contributed by atoms with Gasteiger partial charge < -0.3 is 56.8 Å². The molecule has 0 amide bonds. The standard InChI is InChI=1S/C38H70O12/c1-33-31-34(37(2,3)4)36(35(32-33)38(5,6)7)50-30-29-49-28-27-48-26-25-47-24-23-46-22-21-45-20-19-44-18-17-43-16-15-42-14-13-41-12-11-40-10-9-39-8/h31-32H,9-30H2,1-8H3. The molecule has 0 fully saturated rings. The van der Waals surface area contributed by atoms with E-state index in [1.165, 1.54) is 16.7 Å². The number of hydrogen-bond donors (Lipinski definition) is 0. The molecule has 0 saturated heterocycles. The molecule has 0 saturated carbocycles. The highest BCUT2D eigenvalue weighted by molar-refractivity contribution is 5.50. The minimum Gasteiger partial charge on any atom is -0.491 e. The van der Waals surface area contributed by atoms with Gasteiger partial charge in [0.25, 0.3) is 0 Å². The summed E-state index contributed by atoms with van der Waals surface area (Å²) in [4.78, 5) is 0. The Labute approximate surface area is 302 Å². The normalized spacial score (nSPS) is 12.2. The Morgan fingerprint density at radius 3 is 0.800 bits per heavy atom. The van der Waals surface area contributed by atoms with Gasteiger partial charge in [0.05, 0.1) is 139 Å². The molecule has 12 nitrogen and oxygen atoms in total. The van der Waals surface area contributed by atoms with E-state index in [1.54, 1.807) is 7.11 Å². The summed E-state index contributed by atoms with van der Waals surface area (Å²) in [6.07, 6.45) is 0. The van der Waals surface area contributed by atoms with Crippen molar-refractivity contribution in [1.29, 1.82) is 0 Å². The van der Waals surface area contributed by atoms with Crippen LogP contribution in [0.25, 0.3) is 0 Å². The fraction of sp³-hybridized carbons (Fsp3) is 0.842. The van der Waals surface area contributed by atoms with Crippen LogP contribution in [0.15, 0.2) is 12.1 Å². The van der Waals surface area contributed by atoms with Crippen molar-refractivity contribution in [3.63, 3.8) is 0 Å². The molecule has 0 aromatic heterocycles. The van der Waals surface area contributed by atoms with Crippen LogP contribution in [0.3, 0.4) is 0 Å². The summed E-state index contributed by atoms with van der Waals surface area (Å²) in [5, 5.41) is 0. The summed E-state index contributed by atoms with van der Waals surface area (Å²) in [7, 11) is 1.65. The molecule has 0 aliphatic heterocycles. The molecular formula is C38H70O12. The van der Waals surface area contributed by atoms with E-state index in [0.29, 0.717) is 145 Å². The van der Waals surface area contributed by atoms with Crippen LogP contribution in [0.1, 0.15) is 58.2 Å². The molecule has 0 radical (unpaired) electrons. The number of methoxy groups -OCH3 is 1. The van der Waals surface area contributed by atoms with Crippen LogP contribution < -0.4 is 4.74 Å². The molecule has 12 heteroatoms. The smallest absolute Gasteiger partial charge is 0.126 e. The molecule has 294 valence electrons. The lowest BCUT2D eigenvalue weighted by Crippen LogP contribution is -2.21. The van der Waals surface area contributed by atoms with Gasteiger partial charge >= 0.3 is 0 Å². The van der Waals surface area contributed by atoms with Crippen molar-refractivity contribution in [2.24, 2.45) is 0 Å². The third-order valence-electron chi connectivity index (χ3n) is 7.10. The van der Waals surface area contributed by atoms with Gasteiger partial charge in [-0.3, -0.25) is 0 Å². The van der Waals surface area contributed by atoms with E-state index in [9.17, 15) is 0 Å². The second-order valence-corrected chi connectivity index (χ2v) is 13.7. The first-order chi connectivity index (χ1) is 24.1. The van der Waals surface area contributed by atoms with Crippen molar-refractivity contribution < 1.29 is 56.8 Å². The van der Waals surface area contributed by atoms with Gasteiger partial charge in [0.15, 0.2) is 0 Å². The minimum absolute atomic E-state index is 0.0118. The van der Waals surface area contributed by atoms with E-state index in [4.69, 9.17) is 56.8 Å². The van der Waals surface area contributed by atoms with Crippen LogP contribution in [0.2, 0.25) is 0 Å². The highest BCUT2D eigenvalue weighted by Crippen LogP contribution is 2.40.